The van der Waals surface area contributed by atoms with Crippen LogP contribution in [0.15, 0.2) is 53.5 Å². The van der Waals surface area contributed by atoms with Crippen LogP contribution in [0.25, 0.3) is 0 Å². The average Bonchev–Trinajstić information content (AvgIpc) is 3.01. The van der Waals surface area contributed by atoms with Crippen LogP contribution >= 0.6 is 24.8 Å². The van der Waals surface area contributed by atoms with Gasteiger partial charge in [0.1, 0.15) is 5.82 Å². The lowest BCUT2D eigenvalue weighted by molar-refractivity contribution is 0.430. The van der Waals surface area contributed by atoms with Crippen molar-refractivity contribution in [1.82, 2.24) is 24.6 Å². The highest BCUT2D eigenvalue weighted by Gasteiger charge is 2.24. The SMILES string of the molecule is Cc1cccnc1Cn1nc(C2CCNCC2)n(Cc2ccccc2)c1=O.Cl.Cl. The molecule has 0 saturated carbocycles. The van der Waals surface area contributed by atoms with Gasteiger partial charge >= 0.3 is 5.69 Å². The van der Waals surface area contributed by atoms with Crippen LogP contribution in [0.5, 0.6) is 0 Å². The van der Waals surface area contributed by atoms with Gasteiger partial charge in [0, 0.05) is 12.1 Å². The van der Waals surface area contributed by atoms with E-state index in [0.717, 1.165) is 48.6 Å². The lowest BCUT2D eigenvalue weighted by Crippen LogP contribution is -2.30. The molecular formula is C21H27Cl2N5O. The number of nitrogens with zero attached hydrogens (tertiary/aromatic N) is 4. The third-order valence-corrected chi connectivity index (χ3v) is 5.26. The van der Waals surface area contributed by atoms with Crippen LogP contribution in [0.4, 0.5) is 0 Å². The molecule has 0 bridgehead atoms. The van der Waals surface area contributed by atoms with Crippen molar-refractivity contribution in [2.24, 2.45) is 0 Å². The van der Waals surface area contributed by atoms with Crippen molar-refractivity contribution in [2.45, 2.75) is 38.8 Å². The van der Waals surface area contributed by atoms with E-state index in [-0.39, 0.29) is 30.5 Å². The summed E-state index contributed by atoms with van der Waals surface area (Å²) in [6.45, 7) is 4.92. The number of pyridine rings is 1. The Hall–Kier alpha value is -2.15. The second-order valence-corrected chi connectivity index (χ2v) is 7.16. The lowest BCUT2D eigenvalue weighted by atomic mass is 9.97. The summed E-state index contributed by atoms with van der Waals surface area (Å²) < 4.78 is 3.43. The molecule has 3 aromatic rings. The van der Waals surface area contributed by atoms with Crippen LogP contribution in [0, 0.1) is 6.92 Å². The second kappa shape index (κ2) is 10.6. The largest absolute Gasteiger partial charge is 0.346 e. The van der Waals surface area contributed by atoms with E-state index in [1.54, 1.807) is 10.9 Å². The molecule has 2 aromatic heterocycles. The molecule has 156 valence electrons. The monoisotopic (exact) mass is 435 g/mol. The van der Waals surface area contributed by atoms with E-state index < -0.39 is 0 Å². The normalized spacial score (nSPS) is 14.1. The number of halogens is 2. The summed E-state index contributed by atoms with van der Waals surface area (Å²) in [4.78, 5) is 17.6. The number of piperidine rings is 1. The van der Waals surface area contributed by atoms with Crippen LogP contribution < -0.4 is 11.0 Å². The Morgan fingerprint density at radius 3 is 2.45 bits per heavy atom. The van der Waals surface area contributed by atoms with Crippen molar-refractivity contribution >= 4 is 24.8 Å². The van der Waals surface area contributed by atoms with Crippen molar-refractivity contribution < 1.29 is 0 Å². The summed E-state index contributed by atoms with van der Waals surface area (Å²) in [5.74, 6) is 1.22. The van der Waals surface area contributed by atoms with E-state index in [2.05, 4.69) is 22.4 Å². The fourth-order valence-electron chi connectivity index (χ4n) is 3.68. The summed E-state index contributed by atoms with van der Waals surface area (Å²) in [6, 6.07) is 14.0. The summed E-state index contributed by atoms with van der Waals surface area (Å²) in [7, 11) is 0. The Balaban J connectivity index is 0.00000150. The van der Waals surface area contributed by atoms with Crippen molar-refractivity contribution in [3.63, 3.8) is 0 Å². The van der Waals surface area contributed by atoms with E-state index in [1.165, 1.54) is 0 Å². The summed E-state index contributed by atoms with van der Waals surface area (Å²) in [6.07, 6.45) is 3.78. The predicted molar refractivity (Wildman–Crippen MR) is 119 cm³/mol. The van der Waals surface area contributed by atoms with Gasteiger partial charge in [0.25, 0.3) is 0 Å². The number of rotatable bonds is 5. The molecule has 1 fully saturated rings. The van der Waals surface area contributed by atoms with Crippen molar-refractivity contribution in [3.05, 3.63) is 81.8 Å². The third-order valence-electron chi connectivity index (χ3n) is 5.26. The maximum absolute atomic E-state index is 13.2. The molecule has 29 heavy (non-hydrogen) atoms. The maximum Gasteiger partial charge on any atom is 0.346 e. The van der Waals surface area contributed by atoms with Gasteiger partial charge in [0.15, 0.2) is 0 Å². The minimum absolute atomic E-state index is 0. The van der Waals surface area contributed by atoms with Crippen molar-refractivity contribution in [1.29, 1.82) is 0 Å². The summed E-state index contributed by atoms with van der Waals surface area (Å²) in [5.41, 5.74) is 3.02. The van der Waals surface area contributed by atoms with Gasteiger partial charge in [-0.05, 0) is 50.0 Å². The summed E-state index contributed by atoms with van der Waals surface area (Å²) in [5, 5.41) is 8.16. The van der Waals surface area contributed by atoms with E-state index in [1.807, 2.05) is 41.8 Å². The van der Waals surface area contributed by atoms with Crippen LogP contribution in [0.1, 0.15) is 41.4 Å². The number of benzene rings is 1. The van der Waals surface area contributed by atoms with Gasteiger partial charge in [-0.2, -0.15) is 5.10 Å². The second-order valence-electron chi connectivity index (χ2n) is 7.16. The molecule has 1 N–H and O–H groups in total. The number of hydrogen-bond acceptors (Lipinski definition) is 4. The van der Waals surface area contributed by atoms with Crippen LogP contribution in [-0.4, -0.2) is 32.4 Å². The van der Waals surface area contributed by atoms with Gasteiger partial charge in [0.2, 0.25) is 0 Å². The zero-order chi connectivity index (χ0) is 18.6. The molecule has 1 aliphatic rings. The molecule has 1 aliphatic heterocycles. The molecule has 1 saturated heterocycles. The number of nitrogens with one attached hydrogen (secondary N) is 1. The molecule has 0 atom stereocenters. The van der Waals surface area contributed by atoms with Gasteiger partial charge in [0.05, 0.1) is 18.8 Å². The quantitative estimate of drug-likeness (QED) is 0.668. The predicted octanol–water partition coefficient (Wildman–Crippen LogP) is 3.16. The van der Waals surface area contributed by atoms with Gasteiger partial charge in [-0.3, -0.25) is 9.55 Å². The maximum atomic E-state index is 13.2. The standard InChI is InChI=1S/C21H25N5O.2ClH/c1-16-6-5-11-23-19(16)15-26-21(27)25(14-17-7-3-2-4-8-17)20(24-26)18-9-12-22-13-10-18;;/h2-8,11,18,22H,9-10,12-15H2,1H3;2*1H. The highest BCUT2D eigenvalue weighted by atomic mass is 35.5. The van der Waals surface area contributed by atoms with Crippen molar-refractivity contribution in [2.75, 3.05) is 13.1 Å². The highest BCUT2D eigenvalue weighted by Crippen LogP contribution is 2.23. The summed E-state index contributed by atoms with van der Waals surface area (Å²) >= 11 is 0. The van der Waals surface area contributed by atoms with Crippen LogP contribution in [-0.2, 0) is 13.1 Å². The number of aromatic nitrogens is 4. The zero-order valence-corrected chi connectivity index (χ0v) is 18.1. The minimum atomic E-state index is -0.0579. The zero-order valence-electron chi connectivity index (χ0n) is 16.5. The van der Waals surface area contributed by atoms with Gasteiger partial charge < -0.3 is 5.32 Å². The first-order valence-corrected chi connectivity index (χ1v) is 9.55. The molecule has 4 rings (SSSR count). The molecule has 0 aliphatic carbocycles. The minimum Gasteiger partial charge on any atom is -0.317 e. The Morgan fingerprint density at radius 1 is 1.03 bits per heavy atom. The van der Waals surface area contributed by atoms with E-state index in [4.69, 9.17) is 5.10 Å². The highest BCUT2D eigenvalue weighted by molar-refractivity contribution is 5.85. The molecule has 0 amide bonds. The average molecular weight is 436 g/mol. The molecular weight excluding hydrogens is 409 g/mol. The molecule has 0 radical (unpaired) electrons. The lowest BCUT2D eigenvalue weighted by Gasteiger charge is -2.22. The van der Waals surface area contributed by atoms with Gasteiger partial charge in [-0.1, -0.05) is 36.4 Å². The molecule has 6 nitrogen and oxygen atoms in total. The van der Waals surface area contributed by atoms with Crippen LogP contribution in [0.2, 0.25) is 0 Å². The molecule has 8 heteroatoms. The Morgan fingerprint density at radius 2 is 1.76 bits per heavy atom. The Labute approximate surface area is 183 Å². The third kappa shape index (κ3) is 5.26. The first-order valence-electron chi connectivity index (χ1n) is 9.55. The smallest absolute Gasteiger partial charge is 0.317 e. The molecule has 1 aromatic carbocycles. The molecule has 3 heterocycles. The first-order chi connectivity index (χ1) is 13.2. The van der Waals surface area contributed by atoms with E-state index in [0.29, 0.717) is 19.0 Å². The Kier molecular flexibility index (Phi) is 8.44. The molecule has 0 unspecified atom stereocenters. The number of hydrogen-bond donors (Lipinski definition) is 1. The van der Waals surface area contributed by atoms with E-state index >= 15 is 0 Å². The number of aryl methyl sites for hydroxylation is 1. The van der Waals surface area contributed by atoms with Crippen LogP contribution in [0.3, 0.4) is 0 Å². The fourth-order valence-corrected chi connectivity index (χ4v) is 3.68. The first kappa shape index (κ1) is 23.1. The van der Waals surface area contributed by atoms with Crippen molar-refractivity contribution in [3.8, 4) is 0 Å². The Bertz CT molecular complexity index is 965. The van der Waals surface area contributed by atoms with Gasteiger partial charge in [-0.15, -0.1) is 24.8 Å². The van der Waals surface area contributed by atoms with Gasteiger partial charge in [-0.25, -0.2) is 9.48 Å². The van der Waals surface area contributed by atoms with E-state index in [9.17, 15) is 4.79 Å². The fraction of sp³-hybridized carbons (Fsp3) is 0.381. The molecule has 0 spiro atoms. The topological polar surface area (TPSA) is 64.7 Å².